The average molecular weight is 339 g/mol. The molecule has 1 aliphatic heterocycles. The van der Waals surface area contributed by atoms with Crippen molar-refractivity contribution in [1.29, 1.82) is 0 Å². The predicted molar refractivity (Wildman–Crippen MR) is 96.9 cm³/mol. The zero-order valence-electron chi connectivity index (χ0n) is 14.1. The molecular weight excluding hydrogens is 318 g/mol. The number of ether oxygens (including phenoxy) is 1. The van der Waals surface area contributed by atoms with Gasteiger partial charge >= 0.3 is 0 Å². The lowest BCUT2D eigenvalue weighted by molar-refractivity contribution is 0.0792. The quantitative estimate of drug-likeness (QED) is 0.839. The normalized spacial score (nSPS) is 13.6. The summed E-state index contributed by atoms with van der Waals surface area (Å²) in [6, 6.07) is 11.8. The van der Waals surface area contributed by atoms with Crippen LogP contribution in [-0.2, 0) is 0 Å². The summed E-state index contributed by atoms with van der Waals surface area (Å²) in [5, 5.41) is 2.80. The number of benzene rings is 2. The first-order valence-electron chi connectivity index (χ1n) is 8.22. The van der Waals surface area contributed by atoms with Gasteiger partial charge < -0.3 is 20.7 Å². The van der Waals surface area contributed by atoms with Crippen LogP contribution in [0.15, 0.2) is 42.5 Å². The number of nitrogens with zero attached hydrogens (tertiary/aromatic N) is 1. The fraction of sp³-hybridized carbons (Fsp3) is 0.263. The first kappa shape index (κ1) is 16.8. The van der Waals surface area contributed by atoms with Crippen molar-refractivity contribution in [2.75, 3.05) is 31.2 Å². The molecule has 0 unspecified atom stereocenters. The Bertz CT molecular complexity index is 798. The SMILES string of the molecule is COc1ccc(C(=O)N2CCCC2)cc1NC(=O)c1cccc(N)c1. The topological polar surface area (TPSA) is 84.7 Å². The first-order chi connectivity index (χ1) is 12.1. The van der Waals surface area contributed by atoms with Crippen molar-refractivity contribution >= 4 is 23.2 Å². The molecule has 130 valence electrons. The minimum Gasteiger partial charge on any atom is -0.495 e. The molecule has 0 aliphatic carbocycles. The highest BCUT2D eigenvalue weighted by Crippen LogP contribution is 2.27. The fourth-order valence-electron chi connectivity index (χ4n) is 2.92. The van der Waals surface area contributed by atoms with Crippen LogP contribution in [0.2, 0.25) is 0 Å². The van der Waals surface area contributed by atoms with Gasteiger partial charge in [0, 0.05) is 29.9 Å². The summed E-state index contributed by atoms with van der Waals surface area (Å²) >= 11 is 0. The highest BCUT2D eigenvalue weighted by atomic mass is 16.5. The van der Waals surface area contributed by atoms with Gasteiger partial charge in [0.25, 0.3) is 11.8 Å². The Morgan fingerprint density at radius 2 is 1.84 bits per heavy atom. The van der Waals surface area contributed by atoms with E-state index >= 15 is 0 Å². The van der Waals surface area contributed by atoms with E-state index < -0.39 is 0 Å². The predicted octanol–water partition coefficient (Wildman–Crippen LogP) is 2.77. The summed E-state index contributed by atoms with van der Waals surface area (Å²) in [5.74, 6) is 0.159. The third-order valence-corrected chi connectivity index (χ3v) is 4.24. The molecule has 0 bridgehead atoms. The molecule has 1 saturated heterocycles. The van der Waals surface area contributed by atoms with Crippen molar-refractivity contribution in [2.24, 2.45) is 0 Å². The number of likely N-dealkylation sites (tertiary alicyclic amines) is 1. The molecule has 1 fully saturated rings. The Hall–Kier alpha value is -3.02. The summed E-state index contributed by atoms with van der Waals surface area (Å²) in [4.78, 5) is 26.8. The molecule has 0 aromatic heterocycles. The Morgan fingerprint density at radius 3 is 2.52 bits per heavy atom. The van der Waals surface area contributed by atoms with Gasteiger partial charge in [-0.05, 0) is 49.2 Å². The third-order valence-electron chi connectivity index (χ3n) is 4.24. The van der Waals surface area contributed by atoms with Crippen LogP contribution >= 0.6 is 0 Å². The maximum Gasteiger partial charge on any atom is 0.255 e. The number of nitrogens with two attached hydrogens (primary N) is 1. The zero-order chi connectivity index (χ0) is 17.8. The summed E-state index contributed by atoms with van der Waals surface area (Å²) in [7, 11) is 1.52. The smallest absolute Gasteiger partial charge is 0.255 e. The summed E-state index contributed by atoms with van der Waals surface area (Å²) in [6.45, 7) is 1.55. The number of nitrogens with one attached hydrogen (secondary N) is 1. The van der Waals surface area contributed by atoms with Crippen LogP contribution in [0, 0.1) is 0 Å². The van der Waals surface area contributed by atoms with Crippen LogP contribution < -0.4 is 15.8 Å². The minimum atomic E-state index is -0.309. The largest absolute Gasteiger partial charge is 0.495 e. The lowest BCUT2D eigenvalue weighted by Gasteiger charge is -2.17. The van der Waals surface area contributed by atoms with Crippen LogP contribution in [0.5, 0.6) is 5.75 Å². The van der Waals surface area contributed by atoms with Gasteiger partial charge in [-0.2, -0.15) is 0 Å². The number of hydrogen-bond donors (Lipinski definition) is 2. The average Bonchev–Trinajstić information content (AvgIpc) is 3.15. The Balaban J connectivity index is 1.85. The van der Waals surface area contributed by atoms with E-state index in [9.17, 15) is 9.59 Å². The number of rotatable bonds is 4. The summed E-state index contributed by atoms with van der Waals surface area (Å²) in [6.07, 6.45) is 2.06. The van der Waals surface area contributed by atoms with Crippen LogP contribution in [-0.4, -0.2) is 36.9 Å². The minimum absolute atomic E-state index is 0.0281. The monoisotopic (exact) mass is 339 g/mol. The highest BCUT2D eigenvalue weighted by molar-refractivity contribution is 6.06. The van der Waals surface area contributed by atoms with E-state index in [1.807, 2.05) is 4.90 Å². The van der Waals surface area contributed by atoms with Crippen LogP contribution in [0.25, 0.3) is 0 Å². The molecule has 0 spiro atoms. The molecule has 0 saturated carbocycles. The van der Waals surface area contributed by atoms with Crippen LogP contribution in [0.4, 0.5) is 11.4 Å². The number of methoxy groups -OCH3 is 1. The Kier molecular flexibility index (Phi) is 4.88. The molecule has 3 N–H and O–H groups in total. The van der Waals surface area contributed by atoms with E-state index in [1.54, 1.807) is 42.5 Å². The number of carbonyl (C=O) groups excluding carboxylic acids is 2. The highest BCUT2D eigenvalue weighted by Gasteiger charge is 2.21. The molecule has 6 heteroatoms. The number of carbonyl (C=O) groups is 2. The van der Waals surface area contributed by atoms with Gasteiger partial charge in [-0.25, -0.2) is 0 Å². The molecule has 1 aliphatic rings. The molecule has 1 heterocycles. The van der Waals surface area contributed by atoms with Gasteiger partial charge in [0.2, 0.25) is 0 Å². The Morgan fingerprint density at radius 1 is 1.08 bits per heavy atom. The van der Waals surface area contributed by atoms with Gasteiger partial charge in [-0.3, -0.25) is 9.59 Å². The molecule has 2 amide bonds. The molecule has 3 rings (SSSR count). The van der Waals surface area contributed by atoms with Crippen molar-refractivity contribution in [1.82, 2.24) is 4.90 Å². The molecule has 2 aromatic carbocycles. The summed E-state index contributed by atoms with van der Waals surface area (Å²) in [5.41, 5.74) is 7.67. The number of nitrogen functional groups attached to an aromatic ring is 1. The van der Waals surface area contributed by atoms with Crippen LogP contribution in [0.1, 0.15) is 33.6 Å². The standard InChI is InChI=1S/C19H21N3O3/c1-25-17-8-7-14(19(24)22-9-2-3-10-22)12-16(17)21-18(23)13-5-4-6-15(20)11-13/h4-8,11-12H,2-3,9-10,20H2,1H3,(H,21,23). The van der Waals surface area contributed by atoms with Gasteiger partial charge in [-0.1, -0.05) is 6.07 Å². The zero-order valence-corrected chi connectivity index (χ0v) is 14.1. The maximum atomic E-state index is 12.6. The van der Waals surface area contributed by atoms with Crippen molar-refractivity contribution in [2.45, 2.75) is 12.8 Å². The van der Waals surface area contributed by atoms with Crippen molar-refractivity contribution in [3.63, 3.8) is 0 Å². The van der Waals surface area contributed by atoms with Gasteiger partial charge in [0.05, 0.1) is 12.8 Å². The van der Waals surface area contributed by atoms with Crippen molar-refractivity contribution < 1.29 is 14.3 Å². The molecule has 0 radical (unpaired) electrons. The van der Waals surface area contributed by atoms with Gasteiger partial charge in [-0.15, -0.1) is 0 Å². The lowest BCUT2D eigenvalue weighted by Crippen LogP contribution is -2.27. The van der Waals surface area contributed by atoms with Crippen LogP contribution in [0.3, 0.4) is 0 Å². The van der Waals surface area contributed by atoms with Gasteiger partial charge in [0.15, 0.2) is 0 Å². The number of hydrogen-bond acceptors (Lipinski definition) is 4. The third kappa shape index (κ3) is 3.74. The first-order valence-corrected chi connectivity index (χ1v) is 8.22. The fourth-order valence-corrected chi connectivity index (χ4v) is 2.92. The van der Waals surface area contributed by atoms with Gasteiger partial charge in [0.1, 0.15) is 5.75 Å². The van der Waals surface area contributed by atoms with Crippen molar-refractivity contribution in [3.05, 3.63) is 53.6 Å². The number of amides is 2. The van der Waals surface area contributed by atoms with E-state index in [2.05, 4.69) is 5.32 Å². The molecule has 0 atom stereocenters. The lowest BCUT2D eigenvalue weighted by atomic mass is 10.1. The van der Waals surface area contributed by atoms with E-state index in [0.29, 0.717) is 28.3 Å². The van der Waals surface area contributed by atoms with Crippen molar-refractivity contribution in [3.8, 4) is 5.75 Å². The second kappa shape index (κ2) is 7.25. The second-order valence-electron chi connectivity index (χ2n) is 5.99. The molecule has 2 aromatic rings. The molecule has 25 heavy (non-hydrogen) atoms. The van der Waals surface area contributed by atoms with E-state index in [-0.39, 0.29) is 11.8 Å². The number of anilines is 2. The van der Waals surface area contributed by atoms with E-state index in [4.69, 9.17) is 10.5 Å². The van der Waals surface area contributed by atoms with E-state index in [0.717, 1.165) is 25.9 Å². The molecular formula is C19H21N3O3. The molecule has 6 nitrogen and oxygen atoms in total. The summed E-state index contributed by atoms with van der Waals surface area (Å²) < 4.78 is 5.30. The second-order valence-corrected chi connectivity index (χ2v) is 5.99. The van der Waals surface area contributed by atoms with E-state index in [1.165, 1.54) is 7.11 Å². The maximum absolute atomic E-state index is 12.6. The Labute approximate surface area is 146 Å².